The summed E-state index contributed by atoms with van der Waals surface area (Å²) in [6.45, 7) is 2.71. The van der Waals surface area contributed by atoms with E-state index >= 15 is 0 Å². The van der Waals surface area contributed by atoms with E-state index in [0.717, 1.165) is 23.5 Å². The van der Waals surface area contributed by atoms with Crippen molar-refractivity contribution in [2.75, 3.05) is 49.3 Å². The number of ether oxygens (including phenoxy) is 2. The number of nitrogens with two attached hydrogens (primary N) is 1. The summed E-state index contributed by atoms with van der Waals surface area (Å²) < 4.78 is 18.4. The van der Waals surface area contributed by atoms with E-state index < -0.39 is 5.69 Å². The molecule has 3 aliphatic heterocycles. The second-order valence-corrected chi connectivity index (χ2v) is 12.8. The van der Waals surface area contributed by atoms with Gasteiger partial charge in [-0.25, -0.2) is 4.79 Å². The van der Waals surface area contributed by atoms with Gasteiger partial charge < -0.3 is 29.6 Å². The molecular weight excluding hydrogens is 597 g/mol. The molecule has 2 aromatic heterocycles. The second kappa shape index (κ2) is 13.0. The lowest BCUT2D eigenvalue weighted by Gasteiger charge is -2.27. The Morgan fingerprint density at radius 2 is 1.74 bits per heavy atom. The number of fused-ring (bicyclic) bond motifs is 2. The first kappa shape index (κ1) is 28.9. The summed E-state index contributed by atoms with van der Waals surface area (Å²) in [4.78, 5) is 34.3. The number of rotatable bonds is 4. The maximum atomic E-state index is 12.4. The third-order valence-corrected chi connectivity index (χ3v) is 10.4. The van der Waals surface area contributed by atoms with E-state index in [2.05, 4.69) is 40.2 Å². The number of morpholine rings is 1. The minimum Gasteiger partial charge on any atom is -0.440 e. The lowest BCUT2D eigenvalue weighted by molar-refractivity contribution is -0.00629. The molecule has 218 valence electrons. The van der Waals surface area contributed by atoms with Gasteiger partial charge in [0.05, 0.1) is 19.8 Å². The van der Waals surface area contributed by atoms with Gasteiger partial charge in [-0.15, -0.1) is 11.8 Å². The molecule has 7 rings (SSSR count). The molecule has 2 atom stereocenters. The van der Waals surface area contributed by atoms with Crippen LogP contribution in [0, 0.1) is 0 Å². The van der Waals surface area contributed by atoms with E-state index in [0.29, 0.717) is 30.6 Å². The monoisotopic (exact) mass is 624 g/mol. The van der Waals surface area contributed by atoms with Crippen molar-refractivity contribution < 1.29 is 19.0 Å². The lowest BCUT2D eigenvalue weighted by atomic mass is 10.1. The van der Waals surface area contributed by atoms with E-state index in [1.807, 2.05) is 12.1 Å². The highest BCUT2D eigenvalue weighted by Crippen LogP contribution is 2.51. The smallest absolute Gasteiger partial charge is 0.351 e. The Bertz CT molecular complexity index is 1690. The summed E-state index contributed by atoms with van der Waals surface area (Å²) in [5.74, 6) is 2.05. The van der Waals surface area contributed by atoms with Crippen LogP contribution >= 0.6 is 35.3 Å². The van der Waals surface area contributed by atoms with E-state index in [1.165, 1.54) is 31.0 Å². The molecule has 0 spiro atoms. The number of anilines is 2. The molecule has 0 radical (unpaired) electrons. The molecule has 0 unspecified atom stereocenters. The van der Waals surface area contributed by atoms with Crippen LogP contribution < -0.4 is 21.8 Å². The molecule has 2 saturated heterocycles. The fraction of sp³-hybridized carbons (Fsp3) is 0.276. The molecule has 3 N–H and O–H groups in total. The molecule has 0 aliphatic carbocycles. The average Bonchev–Trinajstić information content (AvgIpc) is 3.49. The first-order chi connectivity index (χ1) is 20.5. The van der Waals surface area contributed by atoms with Crippen molar-refractivity contribution >= 4 is 47.0 Å². The summed E-state index contributed by atoms with van der Waals surface area (Å²) in [7, 11) is 0. The van der Waals surface area contributed by atoms with Crippen LogP contribution in [0.2, 0.25) is 0 Å². The molecule has 10 nitrogen and oxygen atoms in total. The zero-order chi connectivity index (χ0) is 29.1. The lowest BCUT2D eigenvalue weighted by Crippen LogP contribution is -2.36. The van der Waals surface area contributed by atoms with Gasteiger partial charge in [-0.2, -0.15) is 4.98 Å². The molecule has 2 fully saturated rings. The fourth-order valence-corrected chi connectivity index (χ4v) is 7.92. The second-order valence-electron chi connectivity index (χ2n) is 9.46. The third kappa shape index (κ3) is 6.41. The van der Waals surface area contributed by atoms with Crippen LogP contribution in [-0.4, -0.2) is 58.8 Å². The summed E-state index contributed by atoms with van der Waals surface area (Å²) >= 11 is 4.96. The largest absolute Gasteiger partial charge is 0.440 e. The van der Waals surface area contributed by atoms with Crippen molar-refractivity contribution in [3.05, 3.63) is 87.6 Å². The minimum atomic E-state index is -0.431. The van der Waals surface area contributed by atoms with Crippen LogP contribution in [0.4, 0.5) is 11.7 Å². The highest BCUT2D eigenvalue weighted by molar-refractivity contribution is 8.05. The molecule has 3 aliphatic rings. The fourth-order valence-electron chi connectivity index (χ4n) is 4.61. The Morgan fingerprint density at radius 3 is 2.48 bits per heavy atom. The minimum absolute atomic E-state index is 0.0378. The Morgan fingerprint density at radius 1 is 0.976 bits per heavy atom. The molecule has 0 amide bonds. The van der Waals surface area contributed by atoms with Crippen LogP contribution in [0.3, 0.4) is 0 Å². The van der Waals surface area contributed by atoms with Gasteiger partial charge in [0, 0.05) is 62.3 Å². The summed E-state index contributed by atoms with van der Waals surface area (Å²) in [5.41, 5.74) is 5.60. The van der Waals surface area contributed by atoms with E-state index in [9.17, 15) is 9.59 Å². The first-order valence-corrected chi connectivity index (χ1v) is 16.0. The van der Waals surface area contributed by atoms with E-state index in [4.69, 9.17) is 24.7 Å². The standard InChI is InChI=1S/C21H17NO3S2.C8H11N3O3S/c23-14-12-16(25-20(13-14)22-8-10-24-11-9-22)15-4-3-7-19-21(15)27-18-6-2-1-5-17(18)26-19;9-5-1-2-11(8(13)10-5)6-4-15-7(3-12)14-6/h1-7,12-13H,8-11H2;1-2,6-7,12H,3-4H2,(H2,9,10,13)/t;6-,7+/m.0/s1. The first-order valence-electron chi connectivity index (χ1n) is 13.3. The molecule has 0 saturated carbocycles. The number of nitrogens with zero attached hydrogens (tertiary/aromatic N) is 3. The third-order valence-electron chi connectivity index (χ3n) is 6.65. The number of aliphatic hydroxyl groups excluding tert-OH is 1. The van der Waals surface area contributed by atoms with Crippen LogP contribution in [-0.2, 0) is 9.47 Å². The predicted molar refractivity (Wildman–Crippen MR) is 164 cm³/mol. The van der Waals surface area contributed by atoms with E-state index in [1.54, 1.807) is 47.9 Å². The predicted octanol–water partition coefficient (Wildman–Crippen LogP) is 4.17. The number of nitrogen functional groups attached to an aromatic ring is 1. The maximum Gasteiger partial charge on any atom is 0.351 e. The van der Waals surface area contributed by atoms with Gasteiger partial charge in [-0.3, -0.25) is 9.36 Å². The van der Waals surface area contributed by atoms with Crippen molar-refractivity contribution in [2.45, 2.75) is 31.2 Å². The number of benzene rings is 2. The van der Waals surface area contributed by atoms with Gasteiger partial charge >= 0.3 is 5.69 Å². The van der Waals surface area contributed by atoms with Crippen LogP contribution in [0.5, 0.6) is 0 Å². The Labute approximate surface area is 254 Å². The van der Waals surface area contributed by atoms with Crippen molar-refractivity contribution in [1.29, 1.82) is 0 Å². The Kier molecular flexibility index (Phi) is 8.93. The molecular formula is C29H28N4O6S3. The molecule has 5 heterocycles. The molecule has 2 aromatic carbocycles. The van der Waals surface area contributed by atoms with Crippen molar-refractivity contribution in [3.63, 3.8) is 0 Å². The van der Waals surface area contributed by atoms with Gasteiger partial charge in [0.25, 0.3) is 0 Å². The van der Waals surface area contributed by atoms with Crippen LogP contribution in [0.15, 0.2) is 100 Å². The van der Waals surface area contributed by atoms with Gasteiger partial charge in [0.15, 0.2) is 11.3 Å². The Hall–Kier alpha value is -3.20. The number of hydrogen-bond acceptors (Lipinski definition) is 12. The highest BCUT2D eigenvalue weighted by Gasteiger charge is 2.27. The molecule has 4 aromatic rings. The SMILES string of the molecule is Nc1ccn([C@@H]2CS[C@H](CO)O2)c(=O)n1.O=c1cc(-c2cccc3c2Sc2ccccc2S3)oc(N2CCOCC2)c1. The number of hydrogen-bond donors (Lipinski definition) is 2. The average molecular weight is 625 g/mol. The van der Waals surface area contributed by atoms with Crippen molar-refractivity contribution in [3.8, 4) is 11.3 Å². The van der Waals surface area contributed by atoms with Crippen LogP contribution in [0.25, 0.3) is 11.3 Å². The zero-order valence-electron chi connectivity index (χ0n) is 22.4. The van der Waals surface area contributed by atoms with Crippen LogP contribution in [0.1, 0.15) is 6.23 Å². The van der Waals surface area contributed by atoms with E-state index in [-0.39, 0.29) is 29.5 Å². The zero-order valence-corrected chi connectivity index (χ0v) is 24.8. The van der Waals surface area contributed by atoms with Gasteiger partial charge in [-0.1, -0.05) is 47.8 Å². The highest BCUT2D eigenvalue weighted by atomic mass is 32.2. The summed E-state index contributed by atoms with van der Waals surface area (Å²) in [5, 5.41) is 8.88. The molecule has 13 heteroatoms. The summed E-state index contributed by atoms with van der Waals surface area (Å²) in [6, 6.07) is 19.3. The van der Waals surface area contributed by atoms with Gasteiger partial charge in [-0.05, 0) is 24.3 Å². The summed E-state index contributed by atoms with van der Waals surface area (Å²) in [6.07, 6.45) is 1.18. The number of aliphatic hydroxyl groups is 1. The number of thioether (sulfide) groups is 1. The Balaban J connectivity index is 0.000000179. The van der Waals surface area contributed by atoms with Crippen molar-refractivity contribution in [1.82, 2.24) is 9.55 Å². The molecule has 0 bridgehead atoms. The number of aromatic nitrogens is 2. The quantitative estimate of drug-likeness (QED) is 0.297. The molecule has 42 heavy (non-hydrogen) atoms. The topological polar surface area (TPSA) is 133 Å². The van der Waals surface area contributed by atoms with Gasteiger partial charge in [0.1, 0.15) is 23.2 Å². The normalized spacial score (nSPS) is 19.4. The maximum absolute atomic E-state index is 12.4. The van der Waals surface area contributed by atoms with Gasteiger partial charge in [0.2, 0.25) is 0 Å². The van der Waals surface area contributed by atoms with Crippen molar-refractivity contribution in [2.24, 2.45) is 0 Å².